The first-order chi connectivity index (χ1) is 11.4. The first-order valence-electron chi connectivity index (χ1n) is 7.78. The summed E-state index contributed by atoms with van der Waals surface area (Å²) in [6.45, 7) is 7.61. The Morgan fingerprint density at radius 3 is 2.42 bits per heavy atom. The number of hydrogen-bond acceptors (Lipinski definition) is 5. The number of anilines is 2. The summed E-state index contributed by atoms with van der Waals surface area (Å²) in [5.41, 5.74) is 2.33. The molecule has 1 amide bonds. The minimum atomic E-state index is -0.576. The second-order valence-corrected chi connectivity index (χ2v) is 5.33. The molecule has 2 aromatic rings. The van der Waals surface area contributed by atoms with Crippen LogP contribution in [0.4, 0.5) is 17.2 Å². The highest BCUT2D eigenvalue weighted by Crippen LogP contribution is 2.18. The van der Waals surface area contributed by atoms with Gasteiger partial charge in [-0.25, -0.2) is 0 Å². The quantitative estimate of drug-likeness (QED) is 0.622. The van der Waals surface area contributed by atoms with Crippen LogP contribution in [0.2, 0.25) is 0 Å². The second kappa shape index (κ2) is 7.58. The van der Waals surface area contributed by atoms with Crippen LogP contribution in [0.3, 0.4) is 0 Å². The van der Waals surface area contributed by atoms with Crippen LogP contribution in [0.1, 0.15) is 19.5 Å². The van der Waals surface area contributed by atoms with Gasteiger partial charge in [0.1, 0.15) is 6.54 Å². The van der Waals surface area contributed by atoms with Crippen molar-refractivity contribution >= 4 is 23.1 Å². The zero-order chi connectivity index (χ0) is 17.7. The van der Waals surface area contributed by atoms with E-state index in [1.807, 2.05) is 24.3 Å². The Morgan fingerprint density at radius 2 is 1.92 bits per heavy atom. The molecule has 0 aliphatic carbocycles. The van der Waals surface area contributed by atoms with Gasteiger partial charge in [-0.15, -0.1) is 0 Å². The molecule has 0 bridgehead atoms. The molecule has 0 fully saturated rings. The lowest BCUT2D eigenvalue weighted by Gasteiger charge is -2.21. The van der Waals surface area contributed by atoms with Crippen LogP contribution < -0.4 is 10.2 Å². The Labute approximate surface area is 140 Å². The van der Waals surface area contributed by atoms with Gasteiger partial charge in [0.2, 0.25) is 5.91 Å². The van der Waals surface area contributed by atoms with Crippen molar-refractivity contribution in [3.05, 3.63) is 46.1 Å². The van der Waals surface area contributed by atoms with E-state index in [-0.39, 0.29) is 18.3 Å². The Morgan fingerprint density at radius 1 is 1.29 bits per heavy atom. The van der Waals surface area contributed by atoms with Crippen LogP contribution in [0.15, 0.2) is 30.3 Å². The molecule has 0 spiro atoms. The average Bonchev–Trinajstić information content (AvgIpc) is 2.91. The van der Waals surface area contributed by atoms with E-state index in [2.05, 4.69) is 29.2 Å². The molecule has 1 aromatic carbocycles. The van der Waals surface area contributed by atoms with Gasteiger partial charge in [0, 0.05) is 24.5 Å². The van der Waals surface area contributed by atoms with E-state index >= 15 is 0 Å². The molecule has 2 rings (SSSR count). The molecule has 1 heterocycles. The molecule has 0 unspecified atom stereocenters. The largest absolute Gasteiger partial charge is 0.390 e. The maximum Gasteiger partial charge on any atom is 0.390 e. The van der Waals surface area contributed by atoms with Gasteiger partial charge in [0.05, 0.1) is 16.9 Å². The number of nitrogens with zero attached hydrogens (tertiary/aromatic N) is 4. The average molecular weight is 331 g/mol. The smallest absolute Gasteiger partial charge is 0.372 e. The van der Waals surface area contributed by atoms with Crippen molar-refractivity contribution in [3.63, 3.8) is 0 Å². The molecule has 8 nitrogen and oxygen atoms in total. The van der Waals surface area contributed by atoms with Gasteiger partial charge in [0.15, 0.2) is 0 Å². The summed E-state index contributed by atoms with van der Waals surface area (Å²) in [5, 5.41) is 17.3. The summed E-state index contributed by atoms with van der Waals surface area (Å²) in [7, 11) is 0. The number of aromatic nitrogens is 2. The molecular weight excluding hydrogens is 310 g/mol. The number of carbonyl (C=O) groups is 1. The summed E-state index contributed by atoms with van der Waals surface area (Å²) >= 11 is 0. The van der Waals surface area contributed by atoms with Gasteiger partial charge in [-0.2, -0.15) is 4.68 Å². The first-order valence-corrected chi connectivity index (χ1v) is 7.78. The minimum absolute atomic E-state index is 0.0720. The number of rotatable bonds is 7. The van der Waals surface area contributed by atoms with Crippen LogP contribution in [0.25, 0.3) is 0 Å². The van der Waals surface area contributed by atoms with Crippen molar-refractivity contribution in [2.75, 3.05) is 23.3 Å². The predicted octanol–water partition coefficient (Wildman–Crippen LogP) is 2.58. The van der Waals surface area contributed by atoms with Gasteiger partial charge in [-0.3, -0.25) is 4.79 Å². The standard InChI is InChI=1S/C16H21N5O3/c1-4-19(5-2)14-8-6-13(7-9-14)17-16(22)11-20-12(3)10-15(18-20)21(23)24/h6-10H,4-5,11H2,1-3H3,(H,17,22). The molecule has 1 N–H and O–H groups in total. The molecule has 24 heavy (non-hydrogen) atoms. The zero-order valence-corrected chi connectivity index (χ0v) is 14.0. The summed E-state index contributed by atoms with van der Waals surface area (Å²) in [5.74, 6) is -0.546. The van der Waals surface area contributed by atoms with Gasteiger partial charge in [0.25, 0.3) is 0 Å². The minimum Gasteiger partial charge on any atom is -0.372 e. The fourth-order valence-electron chi connectivity index (χ4n) is 2.42. The topological polar surface area (TPSA) is 93.3 Å². The van der Waals surface area contributed by atoms with Crippen LogP contribution in [0.5, 0.6) is 0 Å². The summed E-state index contributed by atoms with van der Waals surface area (Å²) in [6.07, 6.45) is 0. The fourth-order valence-corrected chi connectivity index (χ4v) is 2.42. The summed E-state index contributed by atoms with van der Waals surface area (Å²) in [6, 6.07) is 8.92. The lowest BCUT2D eigenvalue weighted by molar-refractivity contribution is -0.389. The number of benzene rings is 1. The third-order valence-corrected chi connectivity index (χ3v) is 3.73. The monoisotopic (exact) mass is 331 g/mol. The van der Waals surface area contributed by atoms with Gasteiger partial charge < -0.3 is 20.3 Å². The van der Waals surface area contributed by atoms with Gasteiger partial charge in [-0.05, 0) is 50.0 Å². The van der Waals surface area contributed by atoms with E-state index in [1.54, 1.807) is 6.92 Å². The highest BCUT2D eigenvalue weighted by Gasteiger charge is 2.17. The Hall–Kier alpha value is -2.90. The third-order valence-electron chi connectivity index (χ3n) is 3.73. The van der Waals surface area contributed by atoms with E-state index in [0.29, 0.717) is 11.4 Å². The molecular formula is C16H21N5O3. The molecule has 0 aliphatic rings. The summed E-state index contributed by atoms with van der Waals surface area (Å²) in [4.78, 5) is 24.4. The van der Waals surface area contributed by atoms with E-state index in [9.17, 15) is 14.9 Å². The predicted molar refractivity (Wildman–Crippen MR) is 92.3 cm³/mol. The van der Waals surface area contributed by atoms with Crippen molar-refractivity contribution in [2.24, 2.45) is 0 Å². The number of nitrogens with one attached hydrogen (secondary N) is 1. The zero-order valence-electron chi connectivity index (χ0n) is 14.0. The van der Waals surface area contributed by atoms with E-state index in [1.165, 1.54) is 10.7 Å². The third kappa shape index (κ3) is 4.09. The molecule has 128 valence electrons. The Kier molecular flexibility index (Phi) is 5.51. The normalized spacial score (nSPS) is 10.5. The molecule has 0 atom stereocenters. The number of amides is 1. The molecule has 0 saturated carbocycles. The maximum absolute atomic E-state index is 12.1. The van der Waals surface area contributed by atoms with Gasteiger partial charge >= 0.3 is 5.82 Å². The second-order valence-electron chi connectivity index (χ2n) is 5.33. The van der Waals surface area contributed by atoms with Crippen molar-refractivity contribution in [2.45, 2.75) is 27.3 Å². The Balaban J connectivity index is 2.01. The maximum atomic E-state index is 12.1. The molecule has 0 aliphatic heterocycles. The fraction of sp³-hybridized carbons (Fsp3) is 0.375. The van der Waals surface area contributed by atoms with E-state index in [4.69, 9.17) is 0 Å². The van der Waals surface area contributed by atoms with Crippen LogP contribution in [-0.4, -0.2) is 33.7 Å². The SMILES string of the molecule is CCN(CC)c1ccc(NC(=O)Cn2nc([N+](=O)[O-])cc2C)cc1. The molecule has 8 heteroatoms. The highest BCUT2D eigenvalue weighted by atomic mass is 16.6. The van der Waals surface area contributed by atoms with Gasteiger partial charge in [-0.1, -0.05) is 0 Å². The lowest BCUT2D eigenvalue weighted by Crippen LogP contribution is -2.22. The highest BCUT2D eigenvalue weighted by molar-refractivity contribution is 5.90. The summed E-state index contributed by atoms with van der Waals surface area (Å²) < 4.78 is 1.32. The Bertz CT molecular complexity index is 720. The van der Waals surface area contributed by atoms with Crippen molar-refractivity contribution in [3.8, 4) is 0 Å². The van der Waals surface area contributed by atoms with Crippen molar-refractivity contribution in [1.29, 1.82) is 0 Å². The van der Waals surface area contributed by atoms with Crippen LogP contribution in [-0.2, 0) is 11.3 Å². The first kappa shape index (κ1) is 17.5. The lowest BCUT2D eigenvalue weighted by atomic mass is 10.2. The number of carbonyl (C=O) groups excluding carboxylic acids is 1. The number of nitro groups is 1. The number of hydrogen-bond donors (Lipinski definition) is 1. The molecule has 0 saturated heterocycles. The van der Waals surface area contributed by atoms with Crippen LogP contribution >= 0.6 is 0 Å². The van der Waals surface area contributed by atoms with Crippen molar-refractivity contribution < 1.29 is 9.72 Å². The molecule has 1 aromatic heterocycles. The number of aryl methyl sites for hydroxylation is 1. The molecule has 0 radical (unpaired) electrons. The van der Waals surface area contributed by atoms with E-state index in [0.717, 1.165) is 18.8 Å². The van der Waals surface area contributed by atoms with Crippen molar-refractivity contribution in [1.82, 2.24) is 9.78 Å². The van der Waals surface area contributed by atoms with E-state index < -0.39 is 4.92 Å². The van der Waals surface area contributed by atoms with Crippen LogP contribution in [0, 0.1) is 17.0 Å².